The molecule has 1 aliphatic carbocycles. The molecule has 0 aromatic heterocycles. The molecule has 1 aliphatic heterocycles. The summed E-state index contributed by atoms with van der Waals surface area (Å²) in [5.74, 6) is 0.334. The second-order valence-corrected chi connectivity index (χ2v) is 8.14. The summed E-state index contributed by atoms with van der Waals surface area (Å²) in [6, 6.07) is 7.51. The van der Waals surface area contributed by atoms with Crippen LogP contribution >= 0.6 is 0 Å². The zero-order valence-corrected chi connectivity index (χ0v) is 16.9. The fraction of sp³-hybridized carbons (Fsp3) is 0.591. The van der Waals surface area contributed by atoms with Gasteiger partial charge in [0.15, 0.2) is 0 Å². The fourth-order valence-electron chi connectivity index (χ4n) is 4.36. The molecule has 2 aliphatic rings. The molecular formula is C22H30N2O4. The van der Waals surface area contributed by atoms with Gasteiger partial charge in [0, 0.05) is 13.0 Å². The summed E-state index contributed by atoms with van der Waals surface area (Å²) in [4.78, 5) is 38.9. The van der Waals surface area contributed by atoms with E-state index in [0.717, 1.165) is 37.0 Å². The van der Waals surface area contributed by atoms with E-state index < -0.39 is 0 Å². The third-order valence-electron chi connectivity index (χ3n) is 5.95. The molecule has 1 N–H and O–H groups in total. The maximum absolute atomic E-state index is 12.6. The van der Waals surface area contributed by atoms with Crippen molar-refractivity contribution in [2.24, 2.45) is 17.8 Å². The Morgan fingerprint density at radius 2 is 1.68 bits per heavy atom. The topological polar surface area (TPSA) is 75.7 Å². The van der Waals surface area contributed by atoms with Gasteiger partial charge in [0.25, 0.3) is 0 Å². The van der Waals surface area contributed by atoms with Crippen molar-refractivity contribution >= 4 is 17.7 Å². The minimum Gasteiger partial charge on any atom is -0.497 e. The van der Waals surface area contributed by atoms with E-state index in [-0.39, 0.29) is 54.5 Å². The number of carbonyl (C=O) groups excluding carboxylic acids is 3. The van der Waals surface area contributed by atoms with Gasteiger partial charge >= 0.3 is 0 Å². The molecule has 3 amide bonds. The summed E-state index contributed by atoms with van der Waals surface area (Å²) in [5, 5.41) is 3.06. The van der Waals surface area contributed by atoms with E-state index in [1.54, 1.807) is 7.11 Å². The quantitative estimate of drug-likeness (QED) is 0.731. The van der Waals surface area contributed by atoms with Crippen LogP contribution in [0.3, 0.4) is 0 Å². The molecule has 152 valence electrons. The molecule has 1 saturated carbocycles. The number of fused-ring (bicyclic) bond motifs is 1. The van der Waals surface area contributed by atoms with Crippen molar-refractivity contribution in [3.05, 3.63) is 29.8 Å². The van der Waals surface area contributed by atoms with Crippen LogP contribution in [0.5, 0.6) is 5.75 Å². The number of hydrogen-bond donors (Lipinski definition) is 1. The van der Waals surface area contributed by atoms with Crippen LogP contribution in [0.4, 0.5) is 0 Å². The Balaban J connectivity index is 1.59. The summed E-state index contributed by atoms with van der Waals surface area (Å²) in [6.45, 7) is 4.27. The first-order valence-electron chi connectivity index (χ1n) is 10.2. The molecular weight excluding hydrogens is 356 g/mol. The van der Waals surface area contributed by atoms with Gasteiger partial charge in [0.05, 0.1) is 25.0 Å². The SMILES string of the molecule is COc1ccc(C(NC(=O)CCN2C(=O)C3CCCCC3C2=O)C(C)C)cc1. The average molecular weight is 386 g/mol. The Bertz CT molecular complexity index is 705. The number of amides is 3. The predicted molar refractivity (Wildman–Crippen MR) is 106 cm³/mol. The molecule has 6 heteroatoms. The number of nitrogens with zero attached hydrogens (tertiary/aromatic N) is 1. The first kappa shape index (κ1) is 20.4. The monoisotopic (exact) mass is 386 g/mol. The van der Waals surface area contributed by atoms with E-state index in [2.05, 4.69) is 5.32 Å². The van der Waals surface area contributed by atoms with Crippen LogP contribution in [-0.4, -0.2) is 36.3 Å². The molecule has 1 heterocycles. The van der Waals surface area contributed by atoms with Gasteiger partial charge in [-0.05, 0) is 36.5 Å². The van der Waals surface area contributed by atoms with Crippen LogP contribution in [-0.2, 0) is 14.4 Å². The zero-order chi connectivity index (χ0) is 20.3. The Labute approximate surface area is 166 Å². The van der Waals surface area contributed by atoms with E-state index in [1.165, 1.54) is 4.90 Å². The van der Waals surface area contributed by atoms with Gasteiger partial charge in [-0.1, -0.05) is 38.8 Å². The maximum Gasteiger partial charge on any atom is 0.233 e. The van der Waals surface area contributed by atoms with Crippen molar-refractivity contribution in [1.29, 1.82) is 0 Å². The number of nitrogens with one attached hydrogen (secondary N) is 1. The van der Waals surface area contributed by atoms with Crippen LogP contribution in [0.25, 0.3) is 0 Å². The van der Waals surface area contributed by atoms with E-state index in [0.29, 0.717) is 0 Å². The normalized spacial score (nSPS) is 22.9. The number of likely N-dealkylation sites (tertiary alicyclic amines) is 1. The summed E-state index contributed by atoms with van der Waals surface area (Å²) >= 11 is 0. The minimum absolute atomic E-state index is 0.0851. The zero-order valence-electron chi connectivity index (χ0n) is 16.9. The molecule has 28 heavy (non-hydrogen) atoms. The number of rotatable bonds is 7. The smallest absolute Gasteiger partial charge is 0.233 e. The second kappa shape index (κ2) is 8.76. The van der Waals surface area contributed by atoms with Gasteiger partial charge in [0.1, 0.15) is 5.75 Å². The molecule has 3 atom stereocenters. The van der Waals surface area contributed by atoms with E-state index in [4.69, 9.17) is 4.74 Å². The molecule has 0 bridgehead atoms. The van der Waals surface area contributed by atoms with Gasteiger partial charge in [-0.2, -0.15) is 0 Å². The third kappa shape index (κ3) is 4.21. The van der Waals surface area contributed by atoms with E-state index in [1.807, 2.05) is 38.1 Å². The fourth-order valence-corrected chi connectivity index (χ4v) is 4.36. The summed E-state index contributed by atoms with van der Waals surface area (Å²) in [7, 11) is 1.62. The lowest BCUT2D eigenvalue weighted by Crippen LogP contribution is -2.37. The number of methoxy groups -OCH3 is 1. The highest BCUT2D eigenvalue weighted by Crippen LogP contribution is 2.38. The lowest BCUT2D eigenvalue weighted by atomic mass is 9.81. The number of carbonyl (C=O) groups is 3. The first-order chi connectivity index (χ1) is 13.4. The Morgan fingerprint density at radius 3 is 2.18 bits per heavy atom. The van der Waals surface area contributed by atoms with E-state index >= 15 is 0 Å². The first-order valence-corrected chi connectivity index (χ1v) is 10.2. The van der Waals surface area contributed by atoms with Crippen molar-refractivity contribution in [1.82, 2.24) is 10.2 Å². The second-order valence-electron chi connectivity index (χ2n) is 8.14. The molecule has 0 spiro atoms. The number of hydrogen-bond acceptors (Lipinski definition) is 4. The highest BCUT2D eigenvalue weighted by Gasteiger charge is 2.47. The van der Waals surface area contributed by atoms with Gasteiger partial charge in [-0.25, -0.2) is 0 Å². The summed E-state index contributed by atoms with van der Waals surface area (Å²) in [5.41, 5.74) is 1.00. The predicted octanol–water partition coefficient (Wildman–Crippen LogP) is 3.07. The lowest BCUT2D eigenvalue weighted by Gasteiger charge is -2.24. The Hall–Kier alpha value is -2.37. The van der Waals surface area contributed by atoms with Crippen LogP contribution in [0.15, 0.2) is 24.3 Å². The molecule has 0 radical (unpaired) electrons. The molecule has 3 rings (SSSR count). The average Bonchev–Trinajstić information content (AvgIpc) is 2.95. The molecule has 6 nitrogen and oxygen atoms in total. The third-order valence-corrected chi connectivity index (χ3v) is 5.95. The van der Waals surface area contributed by atoms with Crippen LogP contribution < -0.4 is 10.1 Å². The largest absolute Gasteiger partial charge is 0.497 e. The molecule has 1 saturated heterocycles. The van der Waals surface area contributed by atoms with Gasteiger partial charge in [-0.3, -0.25) is 19.3 Å². The molecule has 1 aromatic rings. The van der Waals surface area contributed by atoms with Gasteiger partial charge in [-0.15, -0.1) is 0 Å². The van der Waals surface area contributed by atoms with Crippen molar-refractivity contribution < 1.29 is 19.1 Å². The minimum atomic E-state index is -0.160. The number of ether oxygens (including phenoxy) is 1. The number of benzene rings is 1. The summed E-state index contributed by atoms with van der Waals surface area (Å²) in [6.07, 6.45) is 3.74. The number of imide groups is 1. The maximum atomic E-state index is 12.6. The van der Waals surface area contributed by atoms with Gasteiger partial charge < -0.3 is 10.1 Å². The molecule has 3 unspecified atom stereocenters. The molecule has 2 fully saturated rings. The van der Waals surface area contributed by atoms with Crippen molar-refractivity contribution in [2.75, 3.05) is 13.7 Å². The van der Waals surface area contributed by atoms with Gasteiger partial charge in [0.2, 0.25) is 17.7 Å². The van der Waals surface area contributed by atoms with E-state index in [9.17, 15) is 14.4 Å². The highest BCUT2D eigenvalue weighted by molar-refractivity contribution is 6.05. The van der Waals surface area contributed by atoms with Crippen molar-refractivity contribution in [3.8, 4) is 5.75 Å². The molecule has 1 aromatic carbocycles. The Morgan fingerprint density at radius 1 is 1.11 bits per heavy atom. The van der Waals surface area contributed by atoms with Crippen LogP contribution in [0, 0.1) is 17.8 Å². The lowest BCUT2D eigenvalue weighted by molar-refractivity contribution is -0.140. The highest BCUT2D eigenvalue weighted by atomic mass is 16.5. The van der Waals surface area contributed by atoms with Crippen molar-refractivity contribution in [2.45, 2.75) is 52.0 Å². The standard InChI is InChI=1S/C22H30N2O4/c1-14(2)20(15-8-10-16(28-3)11-9-15)23-19(25)12-13-24-21(26)17-6-4-5-7-18(17)22(24)27/h8-11,14,17-18,20H,4-7,12-13H2,1-3H3,(H,23,25). The van der Waals surface area contributed by atoms with Crippen molar-refractivity contribution in [3.63, 3.8) is 0 Å². The van der Waals surface area contributed by atoms with Crippen LogP contribution in [0.1, 0.15) is 57.6 Å². The van der Waals surface area contributed by atoms with Crippen LogP contribution in [0.2, 0.25) is 0 Å². The summed E-state index contributed by atoms with van der Waals surface area (Å²) < 4.78 is 5.19. The Kier molecular flexibility index (Phi) is 6.37.